The van der Waals surface area contributed by atoms with Crippen molar-refractivity contribution in [3.63, 3.8) is 0 Å². The fraction of sp³-hybridized carbons (Fsp3) is 0.357. The number of aromatic nitrogens is 2. The molecule has 0 amide bonds. The number of aryl methyl sites for hydroxylation is 2. The van der Waals surface area contributed by atoms with Crippen LogP contribution in [0.1, 0.15) is 11.4 Å². The van der Waals surface area contributed by atoms with Gasteiger partial charge in [0.1, 0.15) is 0 Å². The van der Waals surface area contributed by atoms with Gasteiger partial charge in [-0.15, -0.1) is 0 Å². The first-order chi connectivity index (χ1) is 8.63. The lowest BCUT2D eigenvalue weighted by atomic mass is 10.0. The highest BCUT2D eigenvalue weighted by molar-refractivity contribution is 9.10. The number of benzene rings is 1. The van der Waals surface area contributed by atoms with Gasteiger partial charge in [0, 0.05) is 35.7 Å². The Kier molecular flexibility index (Phi) is 4.19. The summed E-state index contributed by atoms with van der Waals surface area (Å²) >= 11 is 3.53. The monoisotopic (exact) mass is 307 g/mol. The summed E-state index contributed by atoms with van der Waals surface area (Å²) in [6.07, 6.45) is 0.982. The van der Waals surface area contributed by atoms with Crippen molar-refractivity contribution in [1.29, 1.82) is 0 Å². The summed E-state index contributed by atoms with van der Waals surface area (Å²) in [4.78, 5) is 0. The fourth-order valence-electron chi connectivity index (χ4n) is 2.26. The summed E-state index contributed by atoms with van der Waals surface area (Å²) in [5.74, 6) is 0. The van der Waals surface area contributed by atoms with Gasteiger partial charge in [0.05, 0.1) is 5.69 Å². The number of likely N-dealkylation sites (N-methyl/N-ethyl adjacent to an activating group) is 1. The smallest absolute Gasteiger partial charge is 0.0674 e. The molecule has 1 aromatic heterocycles. The Morgan fingerprint density at radius 1 is 1.39 bits per heavy atom. The van der Waals surface area contributed by atoms with E-state index >= 15 is 0 Å². The van der Waals surface area contributed by atoms with Crippen LogP contribution in [0.5, 0.6) is 0 Å². The SMILES string of the molecule is CNCCc1c(-c2cccc(Br)c2)c(C)nn1C. The Morgan fingerprint density at radius 3 is 2.83 bits per heavy atom. The minimum atomic E-state index is 0.958. The Bertz CT molecular complexity index is 546. The van der Waals surface area contributed by atoms with E-state index in [0.29, 0.717) is 0 Å². The Balaban J connectivity index is 2.49. The maximum Gasteiger partial charge on any atom is 0.0674 e. The summed E-state index contributed by atoms with van der Waals surface area (Å²) in [7, 11) is 3.99. The summed E-state index contributed by atoms with van der Waals surface area (Å²) in [5, 5.41) is 7.74. The second-order valence-corrected chi connectivity index (χ2v) is 5.31. The molecule has 4 heteroatoms. The standard InChI is InChI=1S/C14H18BrN3/c1-10-14(11-5-4-6-12(15)9-11)13(7-8-16-2)18(3)17-10/h4-6,9,16H,7-8H2,1-3H3. The van der Waals surface area contributed by atoms with Crippen molar-refractivity contribution in [1.82, 2.24) is 15.1 Å². The molecule has 18 heavy (non-hydrogen) atoms. The van der Waals surface area contributed by atoms with Crippen LogP contribution in [0.15, 0.2) is 28.7 Å². The largest absolute Gasteiger partial charge is 0.319 e. The van der Waals surface area contributed by atoms with Crippen LogP contribution in [0.4, 0.5) is 0 Å². The van der Waals surface area contributed by atoms with Gasteiger partial charge in [0.15, 0.2) is 0 Å². The lowest BCUT2D eigenvalue weighted by molar-refractivity contribution is 0.678. The molecule has 0 spiro atoms. The molecule has 0 fully saturated rings. The topological polar surface area (TPSA) is 29.9 Å². The van der Waals surface area contributed by atoms with Crippen molar-refractivity contribution in [3.8, 4) is 11.1 Å². The molecular weight excluding hydrogens is 290 g/mol. The zero-order valence-electron chi connectivity index (χ0n) is 11.0. The molecule has 2 aromatic rings. The first kappa shape index (κ1) is 13.3. The quantitative estimate of drug-likeness (QED) is 0.941. The van der Waals surface area contributed by atoms with Crippen molar-refractivity contribution in [2.24, 2.45) is 7.05 Å². The second kappa shape index (κ2) is 5.67. The molecule has 1 heterocycles. The van der Waals surface area contributed by atoms with Crippen LogP contribution in [0.3, 0.4) is 0 Å². The average Bonchev–Trinajstić information content (AvgIpc) is 2.61. The molecule has 0 aliphatic rings. The summed E-state index contributed by atoms with van der Waals surface area (Å²) in [5.41, 5.74) is 4.84. The fourth-order valence-corrected chi connectivity index (χ4v) is 2.65. The average molecular weight is 308 g/mol. The van der Waals surface area contributed by atoms with E-state index in [4.69, 9.17) is 0 Å². The Labute approximate surface area is 116 Å². The number of hydrogen-bond acceptors (Lipinski definition) is 2. The second-order valence-electron chi connectivity index (χ2n) is 4.39. The highest BCUT2D eigenvalue weighted by Gasteiger charge is 2.14. The van der Waals surface area contributed by atoms with Gasteiger partial charge < -0.3 is 5.32 Å². The lowest BCUT2D eigenvalue weighted by Crippen LogP contribution is -2.13. The first-order valence-electron chi connectivity index (χ1n) is 6.06. The van der Waals surface area contributed by atoms with E-state index in [1.807, 2.05) is 24.8 Å². The first-order valence-corrected chi connectivity index (χ1v) is 6.85. The van der Waals surface area contributed by atoms with E-state index in [9.17, 15) is 0 Å². The van der Waals surface area contributed by atoms with Crippen LogP contribution in [0.2, 0.25) is 0 Å². The van der Waals surface area contributed by atoms with Crippen molar-refractivity contribution in [3.05, 3.63) is 40.1 Å². The van der Waals surface area contributed by atoms with E-state index in [1.54, 1.807) is 0 Å². The van der Waals surface area contributed by atoms with Gasteiger partial charge in [-0.1, -0.05) is 28.1 Å². The molecule has 96 valence electrons. The summed E-state index contributed by atoms with van der Waals surface area (Å²) in [6.45, 7) is 3.03. The minimum absolute atomic E-state index is 0.958. The number of nitrogens with one attached hydrogen (secondary N) is 1. The number of rotatable bonds is 4. The number of hydrogen-bond donors (Lipinski definition) is 1. The molecule has 0 unspecified atom stereocenters. The van der Waals surface area contributed by atoms with Gasteiger partial charge >= 0.3 is 0 Å². The third-order valence-electron chi connectivity index (χ3n) is 3.07. The van der Waals surface area contributed by atoms with E-state index in [1.165, 1.54) is 16.8 Å². The summed E-state index contributed by atoms with van der Waals surface area (Å²) < 4.78 is 3.09. The van der Waals surface area contributed by atoms with Gasteiger partial charge in [-0.2, -0.15) is 5.10 Å². The van der Waals surface area contributed by atoms with Crippen molar-refractivity contribution in [2.75, 3.05) is 13.6 Å². The Morgan fingerprint density at radius 2 is 2.17 bits per heavy atom. The molecule has 1 aromatic carbocycles. The number of halogens is 1. The third kappa shape index (κ3) is 2.65. The van der Waals surface area contributed by atoms with E-state index in [0.717, 1.165) is 23.1 Å². The van der Waals surface area contributed by atoms with Crippen LogP contribution < -0.4 is 5.32 Å². The van der Waals surface area contributed by atoms with Crippen LogP contribution in [-0.2, 0) is 13.5 Å². The zero-order chi connectivity index (χ0) is 13.1. The predicted octanol–water partition coefficient (Wildman–Crippen LogP) is 2.92. The zero-order valence-corrected chi connectivity index (χ0v) is 12.6. The van der Waals surface area contributed by atoms with Crippen LogP contribution >= 0.6 is 15.9 Å². The van der Waals surface area contributed by atoms with Gasteiger partial charge in [0.25, 0.3) is 0 Å². The maximum absolute atomic E-state index is 4.54. The minimum Gasteiger partial charge on any atom is -0.319 e. The number of nitrogens with zero attached hydrogens (tertiary/aromatic N) is 2. The molecule has 1 N–H and O–H groups in total. The van der Waals surface area contributed by atoms with E-state index < -0.39 is 0 Å². The molecule has 0 radical (unpaired) electrons. The third-order valence-corrected chi connectivity index (χ3v) is 3.56. The molecule has 0 saturated heterocycles. The lowest BCUT2D eigenvalue weighted by Gasteiger charge is -2.07. The molecule has 0 atom stereocenters. The van der Waals surface area contributed by atoms with Crippen molar-refractivity contribution < 1.29 is 0 Å². The Hall–Kier alpha value is -1.13. The molecule has 0 saturated carbocycles. The molecule has 3 nitrogen and oxygen atoms in total. The van der Waals surface area contributed by atoms with Crippen LogP contribution in [0, 0.1) is 6.92 Å². The van der Waals surface area contributed by atoms with Crippen molar-refractivity contribution >= 4 is 15.9 Å². The maximum atomic E-state index is 4.54. The molecule has 0 bridgehead atoms. The highest BCUT2D eigenvalue weighted by Crippen LogP contribution is 2.29. The van der Waals surface area contributed by atoms with Crippen LogP contribution in [-0.4, -0.2) is 23.4 Å². The summed E-state index contributed by atoms with van der Waals surface area (Å²) in [6, 6.07) is 8.39. The molecular formula is C14H18BrN3. The van der Waals surface area contributed by atoms with Gasteiger partial charge in [0.2, 0.25) is 0 Å². The molecule has 2 rings (SSSR count). The highest BCUT2D eigenvalue weighted by atomic mass is 79.9. The molecule has 0 aliphatic carbocycles. The van der Waals surface area contributed by atoms with E-state index in [-0.39, 0.29) is 0 Å². The van der Waals surface area contributed by atoms with Crippen molar-refractivity contribution in [2.45, 2.75) is 13.3 Å². The molecule has 0 aliphatic heterocycles. The van der Waals surface area contributed by atoms with E-state index in [2.05, 4.69) is 51.5 Å². The van der Waals surface area contributed by atoms with Gasteiger partial charge in [-0.25, -0.2) is 0 Å². The van der Waals surface area contributed by atoms with Crippen LogP contribution in [0.25, 0.3) is 11.1 Å². The van der Waals surface area contributed by atoms with Gasteiger partial charge in [-0.05, 0) is 31.7 Å². The predicted molar refractivity (Wildman–Crippen MR) is 78.7 cm³/mol. The van der Waals surface area contributed by atoms with Gasteiger partial charge in [-0.3, -0.25) is 4.68 Å². The normalized spacial score (nSPS) is 10.9.